The van der Waals surface area contributed by atoms with Gasteiger partial charge in [0.05, 0.1) is 6.08 Å². The molecule has 0 saturated carbocycles. The van der Waals surface area contributed by atoms with Crippen LogP contribution >= 0.6 is 0 Å². The lowest BCUT2D eigenvalue weighted by Crippen LogP contribution is -2.31. The Kier molecular flexibility index (Phi) is 4.11. The molecule has 1 aliphatic heterocycles. The van der Waals surface area contributed by atoms with Crippen molar-refractivity contribution in [3.8, 4) is 0 Å². The van der Waals surface area contributed by atoms with E-state index in [0.717, 1.165) is 19.0 Å². The van der Waals surface area contributed by atoms with Crippen molar-refractivity contribution in [2.24, 2.45) is 0 Å². The summed E-state index contributed by atoms with van der Waals surface area (Å²) < 4.78 is 0. The number of nitrogens with one attached hydrogen (secondary N) is 1. The summed E-state index contributed by atoms with van der Waals surface area (Å²) in [5, 5.41) is 20.5. The Bertz CT molecular complexity index is 280. The standard InChI is InChI=1S/C9H14N2O4/c12-8(13)6-7(9(14)15)11-4-1-2-10-3-5-11/h6,10H,1-5H2,(H,12,13)(H,14,15)/b7-6-. The highest BCUT2D eigenvalue weighted by molar-refractivity contribution is 5.94. The van der Waals surface area contributed by atoms with Crippen molar-refractivity contribution >= 4 is 11.9 Å². The van der Waals surface area contributed by atoms with Crippen LogP contribution in [0.5, 0.6) is 0 Å². The maximum atomic E-state index is 10.9. The van der Waals surface area contributed by atoms with Crippen molar-refractivity contribution in [2.75, 3.05) is 26.2 Å². The van der Waals surface area contributed by atoms with Crippen LogP contribution in [-0.2, 0) is 9.59 Å². The van der Waals surface area contributed by atoms with E-state index in [0.29, 0.717) is 19.6 Å². The number of nitrogens with zero attached hydrogens (tertiary/aromatic N) is 1. The minimum absolute atomic E-state index is 0.147. The van der Waals surface area contributed by atoms with E-state index in [1.165, 1.54) is 0 Å². The van der Waals surface area contributed by atoms with Crippen molar-refractivity contribution in [1.29, 1.82) is 0 Å². The molecule has 0 amide bonds. The summed E-state index contributed by atoms with van der Waals surface area (Å²) in [5.74, 6) is -2.43. The van der Waals surface area contributed by atoms with Gasteiger partial charge in [-0.05, 0) is 13.0 Å². The fourth-order valence-electron chi connectivity index (χ4n) is 1.49. The third-order valence-corrected chi connectivity index (χ3v) is 2.16. The smallest absolute Gasteiger partial charge is 0.352 e. The summed E-state index contributed by atoms with van der Waals surface area (Å²) in [6.07, 6.45) is 1.55. The molecule has 1 heterocycles. The van der Waals surface area contributed by atoms with Crippen LogP contribution in [0.15, 0.2) is 11.8 Å². The Hall–Kier alpha value is -1.56. The van der Waals surface area contributed by atoms with Gasteiger partial charge in [-0.25, -0.2) is 9.59 Å². The average Bonchev–Trinajstić information content (AvgIpc) is 2.41. The van der Waals surface area contributed by atoms with Gasteiger partial charge in [0, 0.05) is 19.6 Å². The number of rotatable bonds is 3. The maximum absolute atomic E-state index is 10.9. The second kappa shape index (κ2) is 5.35. The molecule has 0 spiro atoms. The first-order valence-corrected chi connectivity index (χ1v) is 4.75. The molecule has 0 radical (unpaired) electrons. The Balaban J connectivity index is 2.78. The van der Waals surface area contributed by atoms with Crippen LogP contribution in [-0.4, -0.2) is 53.2 Å². The first-order valence-electron chi connectivity index (χ1n) is 4.75. The van der Waals surface area contributed by atoms with Crippen molar-refractivity contribution in [2.45, 2.75) is 6.42 Å². The first-order chi connectivity index (χ1) is 7.11. The molecule has 6 heteroatoms. The quantitative estimate of drug-likeness (QED) is 0.540. The normalized spacial score (nSPS) is 18.4. The topological polar surface area (TPSA) is 89.9 Å². The fraction of sp³-hybridized carbons (Fsp3) is 0.556. The predicted octanol–water partition coefficient (Wildman–Crippen LogP) is -0.665. The van der Waals surface area contributed by atoms with E-state index >= 15 is 0 Å². The van der Waals surface area contributed by atoms with E-state index < -0.39 is 11.9 Å². The minimum atomic E-state index is -1.23. The summed E-state index contributed by atoms with van der Waals surface area (Å²) in [7, 11) is 0. The van der Waals surface area contributed by atoms with Crippen molar-refractivity contribution in [1.82, 2.24) is 10.2 Å². The molecule has 15 heavy (non-hydrogen) atoms. The Morgan fingerprint density at radius 3 is 2.53 bits per heavy atom. The third-order valence-electron chi connectivity index (χ3n) is 2.16. The Morgan fingerprint density at radius 1 is 1.20 bits per heavy atom. The second-order valence-corrected chi connectivity index (χ2v) is 3.26. The van der Waals surface area contributed by atoms with Gasteiger partial charge in [0.2, 0.25) is 0 Å². The molecular formula is C9H14N2O4. The van der Waals surface area contributed by atoms with E-state index in [4.69, 9.17) is 10.2 Å². The van der Waals surface area contributed by atoms with Gasteiger partial charge in [0.1, 0.15) is 5.70 Å². The van der Waals surface area contributed by atoms with Crippen LogP contribution < -0.4 is 5.32 Å². The van der Waals surface area contributed by atoms with Crippen molar-refractivity contribution in [3.63, 3.8) is 0 Å². The number of carboxylic acids is 2. The van der Waals surface area contributed by atoms with E-state index in [2.05, 4.69) is 5.32 Å². The predicted molar refractivity (Wildman–Crippen MR) is 52.4 cm³/mol. The molecular weight excluding hydrogens is 200 g/mol. The molecule has 0 aliphatic carbocycles. The van der Waals surface area contributed by atoms with E-state index in [-0.39, 0.29) is 5.70 Å². The molecule has 0 aromatic heterocycles. The van der Waals surface area contributed by atoms with Crippen LogP contribution in [0.3, 0.4) is 0 Å². The highest BCUT2D eigenvalue weighted by Crippen LogP contribution is 2.07. The van der Waals surface area contributed by atoms with Crippen LogP contribution in [0.4, 0.5) is 0 Å². The number of aliphatic carboxylic acids is 2. The van der Waals surface area contributed by atoms with Gasteiger partial charge >= 0.3 is 11.9 Å². The highest BCUT2D eigenvalue weighted by atomic mass is 16.4. The Morgan fingerprint density at radius 2 is 1.93 bits per heavy atom. The lowest BCUT2D eigenvalue weighted by Gasteiger charge is -2.21. The largest absolute Gasteiger partial charge is 0.478 e. The molecule has 0 atom stereocenters. The van der Waals surface area contributed by atoms with Gasteiger partial charge in [0.15, 0.2) is 0 Å². The van der Waals surface area contributed by atoms with E-state index in [1.54, 1.807) is 4.90 Å². The lowest BCUT2D eigenvalue weighted by molar-refractivity contribution is -0.136. The molecule has 0 bridgehead atoms. The van der Waals surface area contributed by atoms with Gasteiger partial charge in [-0.15, -0.1) is 0 Å². The zero-order valence-corrected chi connectivity index (χ0v) is 8.27. The number of carboxylic acid groups (broad SMARTS) is 2. The first kappa shape index (κ1) is 11.5. The summed E-state index contributed by atoms with van der Waals surface area (Å²) in [6.45, 7) is 2.59. The zero-order valence-electron chi connectivity index (χ0n) is 8.27. The summed E-state index contributed by atoms with van der Waals surface area (Å²) >= 11 is 0. The molecule has 0 aromatic carbocycles. The molecule has 6 nitrogen and oxygen atoms in total. The molecule has 1 rings (SSSR count). The van der Waals surface area contributed by atoms with E-state index in [1.807, 2.05) is 0 Å². The molecule has 1 aliphatic rings. The zero-order chi connectivity index (χ0) is 11.3. The van der Waals surface area contributed by atoms with Gasteiger partial charge in [0.25, 0.3) is 0 Å². The molecule has 1 fully saturated rings. The van der Waals surface area contributed by atoms with E-state index in [9.17, 15) is 9.59 Å². The Labute approximate surface area is 87.2 Å². The van der Waals surface area contributed by atoms with Crippen molar-refractivity contribution < 1.29 is 19.8 Å². The molecule has 1 saturated heterocycles. The fourth-order valence-corrected chi connectivity index (χ4v) is 1.49. The molecule has 0 unspecified atom stereocenters. The minimum Gasteiger partial charge on any atom is -0.478 e. The average molecular weight is 214 g/mol. The van der Waals surface area contributed by atoms with Gasteiger partial charge < -0.3 is 20.4 Å². The van der Waals surface area contributed by atoms with Crippen LogP contribution in [0.25, 0.3) is 0 Å². The lowest BCUT2D eigenvalue weighted by atomic mass is 10.3. The third kappa shape index (κ3) is 3.59. The SMILES string of the molecule is O=C(O)/C=C(/C(=O)O)N1CCCNCC1. The summed E-state index contributed by atoms with van der Waals surface area (Å²) in [5.41, 5.74) is -0.147. The summed E-state index contributed by atoms with van der Waals surface area (Å²) in [6, 6.07) is 0. The van der Waals surface area contributed by atoms with Crippen LogP contribution in [0.1, 0.15) is 6.42 Å². The summed E-state index contributed by atoms with van der Waals surface area (Å²) in [4.78, 5) is 22.9. The van der Waals surface area contributed by atoms with Crippen LogP contribution in [0.2, 0.25) is 0 Å². The number of hydrogen-bond acceptors (Lipinski definition) is 4. The van der Waals surface area contributed by atoms with Gasteiger partial charge in [-0.1, -0.05) is 0 Å². The molecule has 3 N–H and O–H groups in total. The maximum Gasteiger partial charge on any atom is 0.352 e. The van der Waals surface area contributed by atoms with Crippen LogP contribution in [0, 0.1) is 0 Å². The van der Waals surface area contributed by atoms with Crippen molar-refractivity contribution in [3.05, 3.63) is 11.8 Å². The van der Waals surface area contributed by atoms with Gasteiger partial charge in [-0.2, -0.15) is 0 Å². The second-order valence-electron chi connectivity index (χ2n) is 3.26. The highest BCUT2D eigenvalue weighted by Gasteiger charge is 2.18. The monoisotopic (exact) mass is 214 g/mol. The molecule has 84 valence electrons. The molecule has 0 aromatic rings. The van der Waals surface area contributed by atoms with Gasteiger partial charge in [-0.3, -0.25) is 0 Å². The number of hydrogen-bond donors (Lipinski definition) is 3. The number of carbonyl (C=O) groups is 2.